The molecule has 0 saturated carbocycles. The minimum Gasteiger partial charge on any atom is -0.310 e. The van der Waals surface area contributed by atoms with Gasteiger partial charge in [0, 0.05) is 17.1 Å². The molecule has 0 aliphatic rings. The van der Waals surface area contributed by atoms with E-state index in [1.165, 1.54) is 27.8 Å². The number of para-hydroxylation sites is 1. The smallest absolute Gasteiger partial charge is 0.0467 e. The van der Waals surface area contributed by atoms with Gasteiger partial charge in [-0.25, -0.2) is 0 Å². The van der Waals surface area contributed by atoms with Crippen molar-refractivity contribution in [3.05, 3.63) is 175 Å². The van der Waals surface area contributed by atoms with Gasteiger partial charge in [0.2, 0.25) is 0 Å². The molecular formula is C38H29N. The third-order valence-corrected chi connectivity index (χ3v) is 6.86. The Morgan fingerprint density at radius 2 is 0.718 bits per heavy atom. The van der Waals surface area contributed by atoms with E-state index in [-0.39, 0.29) is 0 Å². The summed E-state index contributed by atoms with van der Waals surface area (Å²) in [4.78, 5) is 2.31. The van der Waals surface area contributed by atoms with Crippen molar-refractivity contribution in [1.82, 2.24) is 0 Å². The minimum absolute atomic E-state index is 1.12. The van der Waals surface area contributed by atoms with E-state index in [1.54, 1.807) is 0 Å². The molecule has 1 heteroatoms. The second-order valence-corrected chi connectivity index (χ2v) is 9.50. The molecule has 39 heavy (non-hydrogen) atoms. The van der Waals surface area contributed by atoms with E-state index in [0.29, 0.717) is 0 Å². The number of hydrogen-bond acceptors (Lipinski definition) is 1. The van der Waals surface area contributed by atoms with E-state index in [1.807, 2.05) is 6.07 Å². The largest absolute Gasteiger partial charge is 0.310 e. The van der Waals surface area contributed by atoms with Gasteiger partial charge in [0.25, 0.3) is 0 Å². The van der Waals surface area contributed by atoms with Crippen LogP contribution in [0.4, 0.5) is 17.1 Å². The normalized spacial score (nSPS) is 11.0. The summed E-state index contributed by atoms with van der Waals surface area (Å²) in [5, 5.41) is 0. The Morgan fingerprint density at radius 3 is 1.33 bits per heavy atom. The lowest BCUT2D eigenvalue weighted by Gasteiger charge is -2.26. The molecule has 6 rings (SSSR count). The number of benzene rings is 6. The van der Waals surface area contributed by atoms with Crippen LogP contribution in [0.3, 0.4) is 0 Å². The van der Waals surface area contributed by atoms with E-state index in [0.717, 1.165) is 22.6 Å². The van der Waals surface area contributed by atoms with Gasteiger partial charge in [0.15, 0.2) is 0 Å². The van der Waals surface area contributed by atoms with Gasteiger partial charge in [-0.3, -0.25) is 0 Å². The van der Waals surface area contributed by atoms with Crippen molar-refractivity contribution >= 4 is 29.2 Å². The van der Waals surface area contributed by atoms with Crippen molar-refractivity contribution in [3.63, 3.8) is 0 Å². The van der Waals surface area contributed by atoms with Crippen LogP contribution in [-0.4, -0.2) is 0 Å². The number of hydrogen-bond donors (Lipinski definition) is 0. The average molecular weight is 500 g/mol. The van der Waals surface area contributed by atoms with Crippen LogP contribution in [0.1, 0.15) is 11.1 Å². The molecule has 6 aromatic carbocycles. The standard InChI is InChI=1S/C38H29N/c1-4-11-30(12-5-1)19-20-31-13-10-18-38(29-31)39(36-16-8-3-9-17-36)37-27-25-35(26-28-37)34-23-21-33(22-24-34)32-14-6-2-7-15-32/h1-29H. The summed E-state index contributed by atoms with van der Waals surface area (Å²) in [5.41, 5.74) is 10.6. The van der Waals surface area contributed by atoms with E-state index in [9.17, 15) is 0 Å². The molecule has 0 spiro atoms. The zero-order chi connectivity index (χ0) is 26.3. The molecule has 0 saturated heterocycles. The Labute approximate surface area is 231 Å². The molecule has 1 nitrogen and oxygen atoms in total. The lowest BCUT2D eigenvalue weighted by atomic mass is 10.00. The summed E-state index contributed by atoms with van der Waals surface area (Å²) in [7, 11) is 0. The lowest BCUT2D eigenvalue weighted by Crippen LogP contribution is -2.09. The maximum absolute atomic E-state index is 2.31. The summed E-state index contributed by atoms with van der Waals surface area (Å²) >= 11 is 0. The molecule has 0 aliphatic heterocycles. The predicted molar refractivity (Wildman–Crippen MR) is 167 cm³/mol. The zero-order valence-corrected chi connectivity index (χ0v) is 21.7. The summed E-state index contributed by atoms with van der Waals surface area (Å²) in [5.74, 6) is 0. The summed E-state index contributed by atoms with van der Waals surface area (Å²) < 4.78 is 0. The SMILES string of the molecule is C(=Cc1cccc(N(c2ccccc2)c2ccc(-c3ccc(-c4ccccc4)cc3)cc2)c1)c1ccccc1. The van der Waals surface area contributed by atoms with Crippen molar-refractivity contribution < 1.29 is 0 Å². The summed E-state index contributed by atoms with van der Waals surface area (Å²) in [6, 6.07) is 57.8. The number of anilines is 3. The van der Waals surface area contributed by atoms with Gasteiger partial charge in [-0.1, -0.05) is 140 Å². The highest BCUT2D eigenvalue weighted by atomic mass is 15.1. The van der Waals surface area contributed by atoms with Crippen LogP contribution in [-0.2, 0) is 0 Å². The fraction of sp³-hybridized carbons (Fsp3) is 0. The van der Waals surface area contributed by atoms with Crippen molar-refractivity contribution in [2.45, 2.75) is 0 Å². The van der Waals surface area contributed by atoms with E-state index < -0.39 is 0 Å². The van der Waals surface area contributed by atoms with Crippen LogP contribution in [0.15, 0.2) is 164 Å². The third-order valence-electron chi connectivity index (χ3n) is 6.86. The molecule has 0 amide bonds. The highest BCUT2D eigenvalue weighted by Gasteiger charge is 2.13. The van der Waals surface area contributed by atoms with Crippen LogP contribution >= 0.6 is 0 Å². The van der Waals surface area contributed by atoms with Crippen LogP contribution in [0.2, 0.25) is 0 Å². The Hall–Kier alpha value is -5.14. The first kappa shape index (κ1) is 24.2. The molecule has 0 aromatic heterocycles. The molecule has 0 unspecified atom stereocenters. The minimum atomic E-state index is 1.12. The summed E-state index contributed by atoms with van der Waals surface area (Å²) in [6.07, 6.45) is 4.33. The first-order valence-corrected chi connectivity index (χ1v) is 13.3. The van der Waals surface area contributed by atoms with Crippen molar-refractivity contribution in [3.8, 4) is 22.3 Å². The Bertz CT molecular complexity index is 1650. The second kappa shape index (κ2) is 11.5. The molecule has 6 aromatic rings. The van der Waals surface area contributed by atoms with E-state index in [4.69, 9.17) is 0 Å². The molecule has 0 fully saturated rings. The van der Waals surface area contributed by atoms with Crippen molar-refractivity contribution in [2.24, 2.45) is 0 Å². The molecule has 0 aliphatic carbocycles. The van der Waals surface area contributed by atoms with Gasteiger partial charge in [0.1, 0.15) is 0 Å². The van der Waals surface area contributed by atoms with Crippen LogP contribution < -0.4 is 4.90 Å². The van der Waals surface area contributed by atoms with Crippen LogP contribution in [0, 0.1) is 0 Å². The maximum atomic E-state index is 2.31. The quantitative estimate of drug-likeness (QED) is 0.197. The predicted octanol–water partition coefficient (Wildman–Crippen LogP) is 10.7. The molecule has 0 heterocycles. The van der Waals surface area contributed by atoms with Gasteiger partial charge in [-0.15, -0.1) is 0 Å². The van der Waals surface area contributed by atoms with Crippen molar-refractivity contribution in [2.75, 3.05) is 4.90 Å². The van der Waals surface area contributed by atoms with Crippen LogP contribution in [0.5, 0.6) is 0 Å². The maximum Gasteiger partial charge on any atom is 0.0467 e. The van der Waals surface area contributed by atoms with Gasteiger partial charge in [0.05, 0.1) is 0 Å². The number of rotatable bonds is 7. The Morgan fingerprint density at radius 1 is 0.308 bits per heavy atom. The monoisotopic (exact) mass is 499 g/mol. The molecular weight excluding hydrogens is 470 g/mol. The highest BCUT2D eigenvalue weighted by molar-refractivity contribution is 5.81. The van der Waals surface area contributed by atoms with Crippen LogP contribution in [0.25, 0.3) is 34.4 Å². The first-order chi connectivity index (χ1) is 19.3. The fourth-order valence-electron chi connectivity index (χ4n) is 4.84. The first-order valence-electron chi connectivity index (χ1n) is 13.3. The highest BCUT2D eigenvalue weighted by Crippen LogP contribution is 2.36. The average Bonchev–Trinajstić information content (AvgIpc) is 3.02. The number of nitrogens with zero attached hydrogens (tertiary/aromatic N) is 1. The second-order valence-electron chi connectivity index (χ2n) is 9.50. The molecule has 186 valence electrons. The lowest BCUT2D eigenvalue weighted by molar-refractivity contribution is 1.28. The Balaban J connectivity index is 1.30. The Kier molecular flexibility index (Phi) is 7.14. The van der Waals surface area contributed by atoms with E-state index in [2.05, 4.69) is 175 Å². The summed E-state index contributed by atoms with van der Waals surface area (Å²) in [6.45, 7) is 0. The van der Waals surface area contributed by atoms with Gasteiger partial charge in [-0.05, 0) is 69.8 Å². The van der Waals surface area contributed by atoms with Gasteiger partial charge >= 0.3 is 0 Å². The fourth-order valence-corrected chi connectivity index (χ4v) is 4.84. The topological polar surface area (TPSA) is 3.24 Å². The van der Waals surface area contributed by atoms with Gasteiger partial charge in [-0.2, -0.15) is 0 Å². The zero-order valence-electron chi connectivity index (χ0n) is 21.7. The van der Waals surface area contributed by atoms with E-state index >= 15 is 0 Å². The molecule has 0 bridgehead atoms. The van der Waals surface area contributed by atoms with Gasteiger partial charge < -0.3 is 4.90 Å². The molecule has 0 radical (unpaired) electrons. The molecule has 0 N–H and O–H groups in total. The molecule has 0 atom stereocenters. The third kappa shape index (κ3) is 5.74. The van der Waals surface area contributed by atoms with Crippen molar-refractivity contribution in [1.29, 1.82) is 0 Å².